The number of rotatable bonds is 4. The molecule has 7 nitrogen and oxygen atoms in total. The lowest BCUT2D eigenvalue weighted by Gasteiger charge is -2.32. The minimum Gasteiger partial charge on any atom is -0.337 e. The third-order valence-electron chi connectivity index (χ3n) is 4.40. The minimum absolute atomic E-state index is 0.00156. The van der Waals surface area contributed by atoms with Gasteiger partial charge in [-0.15, -0.1) is 11.3 Å². The van der Waals surface area contributed by atoms with Crippen molar-refractivity contribution in [2.75, 3.05) is 13.1 Å². The van der Waals surface area contributed by atoms with Gasteiger partial charge in [-0.2, -0.15) is 0 Å². The summed E-state index contributed by atoms with van der Waals surface area (Å²) in [7, 11) is 0. The molecular weight excluding hydrogens is 324 g/mol. The molecule has 1 N–H and O–H groups in total. The van der Waals surface area contributed by atoms with Crippen LogP contribution in [0.5, 0.6) is 0 Å². The van der Waals surface area contributed by atoms with Crippen LogP contribution < -0.4 is 5.32 Å². The number of fused-ring (bicyclic) bond motifs is 1. The molecule has 4 rings (SSSR count). The van der Waals surface area contributed by atoms with E-state index in [-0.39, 0.29) is 6.03 Å². The monoisotopic (exact) mass is 344 g/mol. The molecule has 2 amide bonds. The average Bonchev–Trinajstić information content (AvgIpc) is 3.30. The summed E-state index contributed by atoms with van der Waals surface area (Å²) in [6.45, 7) is 3.00. The molecule has 3 aromatic heterocycles. The van der Waals surface area contributed by atoms with Gasteiger partial charge in [0.15, 0.2) is 4.96 Å². The largest absolute Gasteiger partial charge is 0.337 e. The Kier molecular flexibility index (Phi) is 4.20. The highest BCUT2D eigenvalue weighted by Crippen LogP contribution is 2.18. The maximum Gasteiger partial charge on any atom is 0.317 e. The van der Waals surface area contributed by atoms with Gasteiger partial charge in [0.25, 0.3) is 0 Å². The van der Waals surface area contributed by atoms with E-state index in [0.29, 0.717) is 12.5 Å². The molecule has 0 spiro atoms. The van der Waals surface area contributed by atoms with E-state index in [0.717, 1.165) is 43.1 Å². The summed E-state index contributed by atoms with van der Waals surface area (Å²) in [5.41, 5.74) is 0.891. The van der Waals surface area contributed by atoms with Crippen molar-refractivity contribution >= 4 is 22.3 Å². The van der Waals surface area contributed by atoms with Crippen LogP contribution in [0.1, 0.15) is 18.5 Å². The molecule has 0 aliphatic carbocycles. The molecule has 126 valence electrons. The van der Waals surface area contributed by atoms with Crippen molar-refractivity contribution in [2.45, 2.75) is 25.9 Å². The minimum atomic E-state index is 0.00156. The van der Waals surface area contributed by atoms with Gasteiger partial charge in [-0.1, -0.05) is 0 Å². The van der Waals surface area contributed by atoms with Crippen molar-refractivity contribution in [1.29, 1.82) is 0 Å². The Morgan fingerprint density at radius 2 is 2.38 bits per heavy atom. The quantitative estimate of drug-likeness (QED) is 0.789. The number of carbonyl (C=O) groups excluding carboxylic acids is 1. The summed E-state index contributed by atoms with van der Waals surface area (Å²) in [4.78, 5) is 23.9. The van der Waals surface area contributed by atoms with Crippen molar-refractivity contribution in [3.8, 4) is 0 Å². The highest BCUT2D eigenvalue weighted by molar-refractivity contribution is 7.15. The molecular formula is C16H20N6OS. The second kappa shape index (κ2) is 6.64. The normalized spacial score (nSPS) is 18.2. The fourth-order valence-electron chi connectivity index (χ4n) is 3.23. The first-order valence-corrected chi connectivity index (χ1v) is 9.05. The van der Waals surface area contributed by atoms with E-state index >= 15 is 0 Å². The number of likely N-dealkylation sites (tertiary alicyclic amines) is 1. The van der Waals surface area contributed by atoms with E-state index in [1.807, 2.05) is 39.6 Å². The Morgan fingerprint density at radius 3 is 3.21 bits per heavy atom. The maximum atomic E-state index is 12.4. The average molecular weight is 344 g/mol. The molecule has 0 aromatic carbocycles. The molecule has 0 bridgehead atoms. The summed E-state index contributed by atoms with van der Waals surface area (Å²) in [5.74, 6) is 0.483. The number of thiazole rings is 1. The van der Waals surface area contributed by atoms with Crippen LogP contribution in [-0.4, -0.2) is 43.0 Å². The number of carbonyl (C=O) groups is 1. The molecule has 24 heavy (non-hydrogen) atoms. The van der Waals surface area contributed by atoms with Crippen LogP contribution in [0.3, 0.4) is 0 Å². The predicted molar refractivity (Wildman–Crippen MR) is 91.8 cm³/mol. The number of aromatic nitrogens is 4. The van der Waals surface area contributed by atoms with Gasteiger partial charge in [0.2, 0.25) is 0 Å². The highest BCUT2D eigenvalue weighted by atomic mass is 32.1. The van der Waals surface area contributed by atoms with Crippen molar-refractivity contribution in [2.24, 2.45) is 5.92 Å². The Hall–Kier alpha value is -2.35. The highest BCUT2D eigenvalue weighted by Gasteiger charge is 2.23. The van der Waals surface area contributed by atoms with Crippen molar-refractivity contribution in [3.05, 3.63) is 42.2 Å². The van der Waals surface area contributed by atoms with Gasteiger partial charge < -0.3 is 14.8 Å². The van der Waals surface area contributed by atoms with E-state index in [1.165, 1.54) is 0 Å². The van der Waals surface area contributed by atoms with Gasteiger partial charge >= 0.3 is 6.03 Å². The SMILES string of the molecule is O=C(NCc1cn2ccsc2n1)N1CCCC(Cn2ccnc2)C1. The van der Waals surface area contributed by atoms with E-state index in [2.05, 4.69) is 19.9 Å². The second-order valence-corrected chi connectivity index (χ2v) is 7.07. The third-order valence-corrected chi connectivity index (χ3v) is 5.17. The Balaban J connectivity index is 1.31. The van der Waals surface area contributed by atoms with Crippen LogP contribution in [0.25, 0.3) is 4.96 Å². The number of hydrogen-bond donors (Lipinski definition) is 1. The van der Waals surface area contributed by atoms with Gasteiger partial charge in [-0.25, -0.2) is 14.8 Å². The molecule has 4 heterocycles. The van der Waals surface area contributed by atoms with E-state index in [4.69, 9.17) is 0 Å². The fourth-order valence-corrected chi connectivity index (χ4v) is 3.95. The molecule has 1 atom stereocenters. The topological polar surface area (TPSA) is 67.5 Å². The summed E-state index contributed by atoms with van der Waals surface area (Å²) >= 11 is 1.59. The number of piperidine rings is 1. The molecule has 1 aliphatic rings. The molecule has 0 saturated carbocycles. The Morgan fingerprint density at radius 1 is 1.42 bits per heavy atom. The number of amides is 2. The van der Waals surface area contributed by atoms with Crippen LogP contribution in [0.2, 0.25) is 0 Å². The van der Waals surface area contributed by atoms with Gasteiger partial charge in [0, 0.05) is 49.8 Å². The maximum absolute atomic E-state index is 12.4. The van der Waals surface area contributed by atoms with Gasteiger partial charge in [-0.05, 0) is 18.8 Å². The zero-order valence-corrected chi connectivity index (χ0v) is 14.2. The van der Waals surface area contributed by atoms with Crippen molar-refractivity contribution in [3.63, 3.8) is 0 Å². The van der Waals surface area contributed by atoms with Crippen LogP contribution in [-0.2, 0) is 13.1 Å². The van der Waals surface area contributed by atoms with Gasteiger partial charge in [-0.3, -0.25) is 4.40 Å². The number of urea groups is 1. The fraction of sp³-hybridized carbons (Fsp3) is 0.438. The molecule has 1 fully saturated rings. The summed E-state index contributed by atoms with van der Waals surface area (Å²) in [6.07, 6.45) is 11.7. The Labute approximate surface area is 143 Å². The summed E-state index contributed by atoms with van der Waals surface area (Å²) in [6, 6.07) is 0.00156. The van der Waals surface area contributed by atoms with Gasteiger partial charge in [0.1, 0.15) is 0 Å². The zero-order valence-electron chi connectivity index (χ0n) is 13.3. The van der Waals surface area contributed by atoms with Crippen LogP contribution in [0, 0.1) is 5.92 Å². The first-order chi connectivity index (χ1) is 11.8. The molecule has 8 heteroatoms. The smallest absolute Gasteiger partial charge is 0.317 e. The van der Waals surface area contributed by atoms with E-state index < -0.39 is 0 Å². The first kappa shape index (κ1) is 15.2. The van der Waals surface area contributed by atoms with Crippen molar-refractivity contribution < 1.29 is 4.79 Å². The zero-order chi connectivity index (χ0) is 16.4. The van der Waals surface area contributed by atoms with E-state index in [1.54, 1.807) is 17.5 Å². The lowest BCUT2D eigenvalue weighted by atomic mass is 9.98. The number of imidazole rings is 2. The lowest BCUT2D eigenvalue weighted by Crippen LogP contribution is -2.46. The standard InChI is InChI=1S/C16H20N6OS/c23-15(18-8-14-11-22-6-7-24-16(22)19-14)21-4-1-2-13(10-21)9-20-5-3-17-12-20/h3,5-7,11-13H,1-2,4,8-10H2,(H,18,23). The van der Waals surface area contributed by atoms with E-state index in [9.17, 15) is 4.79 Å². The van der Waals surface area contributed by atoms with Crippen molar-refractivity contribution in [1.82, 2.24) is 29.2 Å². The van der Waals surface area contributed by atoms with Crippen LogP contribution >= 0.6 is 11.3 Å². The first-order valence-electron chi connectivity index (χ1n) is 8.17. The van der Waals surface area contributed by atoms with Gasteiger partial charge in [0.05, 0.1) is 18.6 Å². The number of hydrogen-bond acceptors (Lipinski definition) is 4. The molecule has 1 aliphatic heterocycles. The lowest BCUT2D eigenvalue weighted by molar-refractivity contribution is 0.159. The molecule has 0 radical (unpaired) electrons. The molecule has 3 aromatic rings. The van der Waals surface area contributed by atoms with Crippen LogP contribution in [0.15, 0.2) is 36.5 Å². The second-order valence-electron chi connectivity index (χ2n) is 6.20. The molecule has 1 unspecified atom stereocenters. The Bertz CT molecular complexity index is 779. The summed E-state index contributed by atoms with van der Waals surface area (Å²) < 4.78 is 4.07. The van der Waals surface area contributed by atoms with Crippen LogP contribution in [0.4, 0.5) is 4.79 Å². The summed E-state index contributed by atoms with van der Waals surface area (Å²) in [5, 5.41) is 4.99. The number of nitrogens with one attached hydrogen (secondary N) is 1. The predicted octanol–water partition coefficient (Wildman–Crippen LogP) is 2.21. The molecule has 1 saturated heterocycles. The third kappa shape index (κ3) is 3.28. The number of nitrogens with zero attached hydrogens (tertiary/aromatic N) is 5.